The van der Waals surface area contributed by atoms with Crippen LogP contribution in [0.4, 0.5) is 0 Å². The maximum atomic E-state index is 10.6. The van der Waals surface area contributed by atoms with Crippen LogP contribution >= 0.6 is 27.5 Å². The summed E-state index contributed by atoms with van der Waals surface area (Å²) in [6, 6.07) is 7.97. The fraction of sp³-hybridized carbons (Fsp3) is 0.538. The molecule has 2 rings (SSSR count). The highest BCUT2D eigenvalue weighted by atomic mass is 79.9. The smallest absolute Gasteiger partial charge is 0.0920 e. The van der Waals surface area contributed by atoms with Crippen LogP contribution in [0.1, 0.15) is 18.4 Å². The van der Waals surface area contributed by atoms with Gasteiger partial charge in [-0.25, -0.2) is 0 Å². The number of benzene rings is 1. The van der Waals surface area contributed by atoms with Crippen LogP contribution in [0.5, 0.6) is 0 Å². The third-order valence-electron chi connectivity index (χ3n) is 3.47. The minimum absolute atomic E-state index is 0.663. The molecular weight excluding hydrogens is 302 g/mol. The first-order chi connectivity index (χ1) is 8.14. The Bertz CT molecular complexity index is 360. The van der Waals surface area contributed by atoms with E-state index in [0.29, 0.717) is 5.88 Å². The van der Waals surface area contributed by atoms with E-state index in [9.17, 15) is 5.11 Å². The first-order valence-electron chi connectivity index (χ1n) is 5.91. The van der Waals surface area contributed by atoms with Gasteiger partial charge < -0.3 is 10.0 Å². The van der Waals surface area contributed by atoms with Crippen LogP contribution in [0.15, 0.2) is 28.7 Å². The molecule has 1 N–H and O–H groups in total. The second-order valence-corrected chi connectivity index (χ2v) is 5.86. The Morgan fingerprint density at radius 3 is 2.35 bits per heavy atom. The number of likely N-dealkylation sites (tertiary alicyclic amines) is 1. The zero-order valence-electron chi connectivity index (χ0n) is 9.70. The van der Waals surface area contributed by atoms with E-state index in [1.165, 1.54) is 0 Å². The molecule has 0 radical (unpaired) electrons. The Labute approximate surface area is 116 Å². The van der Waals surface area contributed by atoms with Gasteiger partial charge >= 0.3 is 0 Å². The Hall–Kier alpha value is -0.0900. The first kappa shape index (κ1) is 13.3. The molecule has 1 saturated heterocycles. The highest BCUT2D eigenvalue weighted by molar-refractivity contribution is 9.10. The molecule has 4 heteroatoms. The fourth-order valence-corrected chi connectivity index (χ4v) is 2.82. The van der Waals surface area contributed by atoms with E-state index in [1.807, 2.05) is 24.3 Å². The average Bonchev–Trinajstić information content (AvgIpc) is 2.33. The largest absolute Gasteiger partial charge is 0.385 e. The molecule has 1 aromatic carbocycles. The topological polar surface area (TPSA) is 23.5 Å². The summed E-state index contributed by atoms with van der Waals surface area (Å²) in [5.74, 6) is 0.663. The van der Waals surface area contributed by atoms with Crippen molar-refractivity contribution in [2.75, 3.05) is 25.5 Å². The van der Waals surface area contributed by atoms with Gasteiger partial charge in [0.15, 0.2) is 0 Å². The average molecular weight is 319 g/mol. The summed E-state index contributed by atoms with van der Waals surface area (Å²) < 4.78 is 1.05. The molecule has 0 aliphatic carbocycles. The van der Waals surface area contributed by atoms with Crippen LogP contribution in [-0.4, -0.2) is 35.5 Å². The maximum Gasteiger partial charge on any atom is 0.0920 e. The van der Waals surface area contributed by atoms with Gasteiger partial charge in [-0.15, -0.1) is 11.6 Å². The third kappa shape index (κ3) is 3.22. The molecule has 2 nitrogen and oxygen atoms in total. The highest BCUT2D eigenvalue weighted by Gasteiger charge is 2.33. The Morgan fingerprint density at radius 1 is 1.24 bits per heavy atom. The van der Waals surface area contributed by atoms with Gasteiger partial charge in [-0.1, -0.05) is 28.1 Å². The molecule has 1 aliphatic heterocycles. The molecule has 0 spiro atoms. The predicted octanol–water partition coefficient (Wildman–Crippen LogP) is 2.97. The number of alkyl halides is 1. The number of halogens is 2. The van der Waals surface area contributed by atoms with Crippen LogP contribution in [0.25, 0.3) is 0 Å². The molecule has 1 heterocycles. The minimum Gasteiger partial charge on any atom is -0.385 e. The maximum absolute atomic E-state index is 10.6. The molecule has 0 saturated carbocycles. The Kier molecular flexibility index (Phi) is 4.47. The summed E-state index contributed by atoms with van der Waals surface area (Å²) in [7, 11) is 0. The monoisotopic (exact) mass is 317 g/mol. The van der Waals surface area contributed by atoms with Crippen molar-refractivity contribution in [1.29, 1.82) is 0 Å². The van der Waals surface area contributed by atoms with Gasteiger partial charge in [-0.05, 0) is 30.5 Å². The van der Waals surface area contributed by atoms with Gasteiger partial charge in [0, 0.05) is 30.0 Å². The summed E-state index contributed by atoms with van der Waals surface area (Å²) in [6.07, 6.45) is 1.57. The van der Waals surface area contributed by atoms with Crippen molar-refractivity contribution in [2.45, 2.75) is 18.4 Å². The van der Waals surface area contributed by atoms with Crippen LogP contribution < -0.4 is 0 Å². The van der Waals surface area contributed by atoms with Crippen LogP contribution in [0, 0.1) is 0 Å². The van der Waals surface area contributed by atoms with Gasteiger partial charge in [0.1, 0.15) is 0 Å². The summed E-state index contributed by atoms with van der Waals surface area (Å²) >= 11 is 9.14. The number of piperidine rings is 1. The number of nitrogens with zero attached hydrogens (tertiary/aromatic N) is 1. The minimum atomic E-state index is -0.663. The second kappa shape index (κ2) is 5.70. The van der Waals surface area contributed by atoms with Crippen LogP contribution in [0.3, 0.4) is 0 Å². The van der Waals surface area contributed by atoms with Crippen molar-refractivity contribution < 1.29 is 5.11 Å². The molecule has 0 aromatic heterocycles. The highest BCUT2D eigenvalue weighted by Crippen LogP contribution is 2.33. The Balaban J connectivity index is 2.04. The predicted molar refractivity (Wildman–Crippen MR) is 74.4 cm³/mol. The van der Waals surface area contributed by atoms with E-state index >= 15 is 0 Å². The molecular formula is C13H17BrClNO. The molecule has 0 amide bonds. The lowest BCUT2D eigenvalue weighted by Gasteiger charge is -2.38. The molecule has 1 aromatic rings. The number of rotatable bonds is 3. The normalized spacial score (nSPS) is 20.4. The molecule has 1 fully saturated rings. The van der Waals surface area contributed by atoms with E-state index in [2.05, 4.69) is 20.8 Å². The van der Waals surface area contributed by atoms with E-state index in [-0.39, 0.29) is 0 Å². The quantitative estimate of drug-likeness (QED) is 0.866. The van der Waals surface area contributed by atoms with E-state index < -0.39 is 5.60 Å². The van der Waals surface area contributed by atoms with Crippen molar-refractivity contribution in [3.8, 4) is 0 Å². The second-order valence-electron chi connectivity index (χ2n) is 4.57. The van der Waals surface area contributed by atoms with Gasteiger partial charge in [-0.2, -0.15) is 0 Å². The van der Waals surface area contributed by atoms with Gasteiger partial charge in [0.25, 0.3) is 0 Å². The number of aliphatic hydroxyl groups is 1. The Morgan fingerprint density at radius 2 is 1.82 bits per heavy atom. The third-order valence-corrected chi connectivity index (χ3v) is 4.16. The van der Waals surface area contributed by atoms with E-state index in [0.717, 1.165) is 42.5 Å². The summed E-state index contributed by atoms with van der Waals surface area (Å²) in [5, 5.41) is 10.6. The van der Waals surface area contributed by atoms with Gasteiger partial charge in [0.2, 0.25) is 0 Å². The van der Waals surface area contributed by atoms with E-state index in [4.69, 9.17) is 11.6 Å². The molecule has 0 bridgehead atoms. The summed E-state index contributed by atoms with van der Waals surface area (Å²) in [4.78, 5) is 2.31. The molecule has 0 atom stereocenters. The lowest BCUT2D eigenvalue weighted by Crippen LogP contribution is -2.43. The molecule has 0 unspecified atom stereocenters. The summed E-state index contributed by atoms with van der Waals surface area (Å²) in [6.45, 7) is 2.75. The van der Waals surface area contributed by atoms with Crippen molar-refractivity contribution in [2.24, 2.45) is 0 Å². The fourth-order valence-electron chi connectivity index (χ4n) is 2.31. The zero-order valence-corrected chi connectivity index (χ0v) is 12.0. The SMILES string of the molecule is OC1(c2ccc(Br)cc2)CCN(CCCl)CC1. The van der Waals surface area contributed by atoms with Crippen molar-refractivity contribution in [1.82, 2.24) is 4.90 Å². The molecule has 1 aliphatic rings. The van der Waals surface area contributed by atoms with Gasteiger partial charge in [0.05, 0.1) is 5.60 Å². The van der Waals surface area contributed by atoms with E-state index in [1.54, 1.807) is 0 Å². The number of hydrogen-bond acceptors (Lipinski definition) is 2. The lowest BCUT2D eigenvalue weighted by molar-refractivity contribution is -0.0245. The van der Waals surface area contributed by atoms with Crippen LogP contribution in [0.2, 0.25) is 0 Å². The van der Waals surface area contributed by atoms with Crippen LogP contribution in [-0.2, 0) is 5.60 Å². The number of hydrogen-bond donors (Lipinski definition) is 1. The van der Waals surface area contributed by atoms with Crippen molar-refractivity contribution in [3.63, 3.8) is 0 Å². The van der Waals surface area contributed by atoms with Crippen molar-refractivity contribution >= 4 is 27.5 Å². The standard InChI is InChI=1S/C13H17BrClNO/c14-12-3-1-11(2-4-12)13(17)5-8-16(9-6-13)10-7-15/h1-4,17H,5-10H2. The first-order valence-corrected chi connectivity index (χ1v) is 7.23. The zero-order chi connectivity index (χ0) is 12.3. The molecule has 94 valence electrons. The van der Waals surface area contributed by atoms with Gasteiger partial charge in [-0.3, -0.25) is 0 Å². The molecule has 17 heavy (non-hydrogen) atoms. The van der Waals surface area contributed by atoms with Crippen molar-refractivity contribution in [3.05, 3.63) is 34.3 Å². The summed E-state index contributed by atoms with van der Waals surface area (Å²) in [5.41, 5.74) is 0.356. The lowest BCUT2D eigenvalue weighted by atomic mass is 9.84.